The second-order valence-electron chi connectivity index (χ2n) is 8.37. The average molecular weight is 486 g/mol. The van der Waals surface area contributed by atoms with Crippen LogP contribution in [0.2, 0.25) is 10.2 Å². The van der Waals surface area contributed by atoms with Crippen molar-refractivity contribution in [3.63, 3.8) is 0 Å². The summed E-state index contributed by atoms with van der Waals surface area (Å²) in [5, 5.41) is 1.83. The fourth-order valence-electron chi connectivity index (χ4n) is 4.42. The molecule has 0 aliphatic carbocycles. The van der Waals surface area contributed by atoms with Crippen molar-refractivity contribution in [3.05, 3.63) is 75.2 Å². The Labute approximate surface area is 200 Å². The molecule has 3 heterocycles. The number of halogens is 3. The zero-order valence-electron chi connectivity index (χ0n) is 17.6. The van der Waals surface area contributed by atoms with Gasteiger partial charge < -0.3 is 4.90 Å². The summed E-state index contributed by atoms with van der Waals surface area (Å²) in [4.78, 5) is 11.5. The van der Waals surface area contributed by atoms with Gasteiger partial charge in [0.2, 0.25) is 0 Å². The Balaban J connectivity index is 1.35. The van der Waals surface area contributed by atoms with Crippen LogP contribution in [0.15, 0.2) is 48.7 Å². The molecule has 0 saturated carbocycles. The fourth-order valence-corrected chi connectivity index (χ4v) is 5.97. The van der Waals surface area contributed by atoms with E-state index in [1.807, 2.05) is 12.1 Å². The lowest BCUT2D eigenvalue weighted by Crippen LogP contribution is -2.34. The molecule has 7 heteroatoms. The maximum atomic E-state index is 13.7. The number of pyridine rings is 1. The molecular weight excluding hydrogens is 464 g/mol. The maximum absolute atomic E-state index is 13.7. The highest BCUT2D eigenvalue weighted by Crippen LogP contribution is 2.36. The summed E-state index contributed by atoms with van der Waals surface area (Å²) >= 11 is 13.9. The first kappa shape index (κ1) is 21.6. The predicted molar refractivity (Wildman–Crippen MR) is 133 cm³/mol. The summed E-state index contributed by atoms with van der Waals surface area (Å²) in [5.74, 6) is 0.201. The zero-order valence-corrected chi connectivity index (χ0v) is 19.9. The molecule has 0 bridgehead atoms. The Hall–Kier alpha value is -2.21. The molecule has 2 aromatic carbocycles. The quantitative estimate of drug-likeness (QED) is 0.279. The van der Waals surface area contributed by atoms with Gasteiger partial charge in [-0.3, -0.25) is 0 Å². The van der Waals surface area contributed by atoms with E-state index in [0.29, 0.717) is 11.1 Å². The molecule has 1 aliphatic rings. The topological polar surface area (TPSA) is 29.0 Å². The van der Waals surface area contributed by atoms with E-state index in [1.165, 1.54) is 10.8 Å². The van der Waals surface area contributed by atoms with Gasteiger partial charge >= 0.3 is 0 Å². The van der Waals surface area contributed by atoms with E-state index >= 15 is 0 Å². The maximum Gasteiger partial charge on any atom is 0.141 e. The van der Waals surface area contributed by atoms with Gasteiger partial charge in [-0.1, -0.05) is 29.3 Å². The van der Waals surface area contributed by atoms with E-state index in [0.717, 1.165) is 65.3 Å². The van der Waals surface area contributed by atoms with Crippen molar-refractivity contribution in [3.8, 4) is 11.1 Å². The van der Waals surface area contributed by atoms with E-state index in [4.69, 9.17) is 28.2 Å². The minimum Gasteiger partial charge on any atom is -0.371 e. The molecule has 0 atom stereocenters. The van der Waals surface area contributed by atoms with E-state index in [9.17, 15) is 4.39 Å². The van der Waals surface area contributed by atoms with Crippen molar-refractivity contribution in [2.45, 2.75) is 26.2 Å². The molecule has 1 fully saturated rings. The Bertz CT molecular complexity index is 1280. The second-order valence-corrected chi connectivity index (χ2v) is 10.3. The van der Waals surface area contributed by atoms with Crippen molar-refractivity contribution in [1.82, 2.24) is 9.97 Å². The van der Waals surface area contributed by atoms with E-state index in [2.05, 4.69) is 28.9 Å². The number of fused-ring (bicyclic) bond motifs is 1. The van der Waals surface area contributed by atoms with Gasteiger partial charge in [0.1, 0.15) is 11.0 Å². The van der Waals surface area contributed by atoms with Gasteiger partial charge in [-0.25, -0.2) is 14.4 Å². The number of thiazole rings is 1. The number of rotatable bonds is 4. The number of anilines is 1. The number of hydrogen-bond acceptors (Lipinski definition) is 4. The normalized spacial score (nSPS) is 14.9. The van der Waals surface area contributed by atoms with Crippen LogP contribution < -0.4 is 4.90 Å². The van der Waals surface area contributed by atoms with Gasteiger partial charge in [-0.2, -0.15) is 0 Å². The monoisotopic (exact) mass is 485 g/mol. The van der Waals surface area contributed by atoms with E-state index < -0.39 is 5.82 Å². The highest BCUT2D eigenvalue weighted by molar-refractivity contribution is 7.18. The molecule has 0 unspecified atom stereocenters. The minimum atomic E-state index is -0.404. The summed E-state index contributed by atoms with van der Waals surface area (Å²) in [7, 11) is 0. The first-order valence-corrected chi connectivity index (χ1v) is 12.3. The molecule has 0 amide bonds. The van der Waals surface area contributed by atoms with Crippen LogP contribution in [-0.4, -0.2) is 23.1 Å². The van der Waals surface area contributed by atoms with Gasteiger partial charge in [0.05, 0.1) is 20.2 Å². The van der Waals surface area contributed by atoms with Crippen molar-refractivity contribution < 1.29 is 4.39 Å². The van der Waals surface area contributed by atoms with Gasteiger partial charge in [0.25, 0.3) is 0 Å². The van der Waals surface area contributed by atoms with Crippen molar-refractivity contribution >= 4 is 50.4 Å². The Morgan fingerprint density at radius 2 is 1.91 bits per heavy atom. The number of hydrogen-bond donors (Lipinski definition) is 0. The molecule has 164 valence electrons. The largest absolute Gasteiger partial charge is 0.371 e. The minimum absolute atomic E-state index is 0.134. The lowest BCUT2D eigenvalue weighted by molar-refractivity contribution is 0.403. The summed E-state index contributed by atoms with van der Waals surface area (Å²) in [5.41, 5.74) is 5.18. The molecule has 1 aliphatic heterocycles. The number of benzene rings is 2. The highest BCUT2D eigenvalue weighted by Gasteiger charge is 2.22. The van der Waals surface area contributed by atoms with Crippen molar-refractivity contribution in [2.24, 2.45) is 5.92 Å². The predicted octanol–water partition coefficient (Wildman–Crippen LogP) is 7.57. The number of aryl methyl sites for hydroxylation is 1. The van der Waals surface area contributed by atoms with Crippen LogP contribution in [0.4, 0.5) is 10.1 Å². The first-order valence-electron chi connectivity index (χ1n) is 10.7. The summed E-state index contributed by atoms with van der Waals surface area (Å²) < 4.78 is 14.8. The molecule has 0 radical (unpaired) electrons. The van der Waals surface area contributed by atoms with Crippen molar-refractivity contribution in [1.29, 1.82) is 0 Å². The van der Waals surface area contributed by atoms with E-state index in [-0.39, 0.29) is 5.02 Å². The first-order chi connectivity index (χ1) is 15.5. The lowest BCUT2D eigenvalue weighted by atomic mass is 9.93. The number of aromatic nitrogens is 2. The van der Waals surface area contributed by atoms with Crippen LogP contribution in [0.25, 0.3) is 21.3 Å². The molecule has 0 N–H and O–H groups in total. The third-order valence-corrected chi connectivity index (χ3v) is 7.59. The van der Waals surface area contributed by atoms with E-state index in [1.54, 1.807) is 29.7 Å². The average Bonchev–Trinajstić information content (AvgIpc) is 3.17. The molecule has 2 aromatic heterocycles. The molecule has 1 saturated heterocycles. The molecule has 0 spiro atoms. The number of nitrogens with zero attached hydrogens (tertiary/aromatic N) is 3. The van der Waals surface area contributed by atoms with Crippen LogP contribution in [0.3, 0.4) is 0 Å². The third-order valence-electron chi connectivity index (χ3n) is 6.07. The molecule has 5 rings (SSSR count). The standard InChI is InChI=1S/C25H22Cl2FN3S/c1-15-10-19(17-2-3-21(28)20(26)13-17)25-22(11-15)32-24(30-25)12-16-5-8-31(9-6-16)18-4-7-29-23(27)14-18/h2-4,7,10-11,13-14,16H,5-6,8-9,12H2,1H3. The summed E-state index contributed by atoms with van der Waals surface area (Å²) in [6.45, 7) is 4.09. The SMILES string of the molecule is Cc1cc(-c2ccc(F)c(Cl)c2)c2nc(CC3CCN(c4ccnc(Cl)c4)CC3)sc2c1. The fraction of sp³-hybridized carbons (Fsp3) is 0.280. The number of piperidine rings is 1. The molecule has 32 heavy (non-hydrogen) atoms. The Morgan fingerprint density at radius 1 is 1.09 bits per heavy atom. The summed E-state index contributed by atoms with van der Waals surface area (Å²) in [6, 6.07) is 13.1. The summed E-state index contributed by atoms with van der Waals surface area (Å²) in [6.07, 6.45) is 4.98. The highest BCUT2D eigenvalue weighted by atomic mass is 35.5. The van der Waals surface area contributed by atoms with Crippen LogP contribution in [0.1, 0.15) is 23.4 Å². The van der Waals surface area contributed by atoms with Gasteiger partial charge in [-0.15, -0.1) is 11.3 Å². The molecule has 4 aromatic rings. The third kappa shape index (κ3) is 4.47. The van der Waals surface area contributed by atoms with Gasteiger partial charge in [0, 0.05) is 37.0 Å². The molecular formula is C25H22Cl2FN3S. The zero-order chi connectivity index (χ0) is 22.2. The van der Waals surface area contributed by atoms with Crippen LogP contribution in [0, 0.1) is 18.7 Å². The van der Waals surface area contributed by atoms with Crippen LogP contribution in [-0.2, 0) is 6.42 Å². The Morgan fingerprint density at radius 3 is 2.66 bits per heavy atom. The Kier molecular flexibility index (Phi) is 6.06. The lowest BCUT2D eigenvalue weighted by Gasteiger charge is -2.33. The van der Waals surface area contributed by atoms with Crippen LogP contribution >= 0.6 is 34.5 Å². The van der Waals surface area contributed by atoms with Gasteiger partial charge in [-0.05, 0) is 73.2 Å². The van der Waals surface area contributed by atoms with Gasteiger partial charge in [0.15, 0.2) is 0 Å². The smallest absolute Gasteiger partial charge is 0.141 e. The van der Waals surface area contributed by atoms with Crippen molar-refractivity contribution in [2.75, 3.05) is 18.0 Å². The second kappa shape index (κ2) is 8.97. The molecule has 3 nitrogen and oxygen atoms in total. The van der Waals surface area contributed by atoms with Crippen LogP contribution in [0.5, 0.6) is 0 Å².